The van der Waals surface area contributed by atoms with E-state index < -0.39 is 6.04 Å². The van der Waals surface area contributed by atoms with Crippen LogP contribution < -0.4 is 0 Å². The minimum Gasteiger partial charge on any atom is -0.316 e. The molecule has 122 valence electrons. The molecule has 23 heavy (non-hydrogen) atoms. The maximum absolute atomic E-state index is 12.9. The maximum atomic E-state index is 12.9. The molecule has 1 atom stereocenters. The number of hydrogen-bond donors (Lipinski definition) is 0. The number of carbonyl (C=O) groups is 2. The first-order valence-electron chi connectivity index (χ1n) is 7.74. The van der Waals surface area contributed by atoms with Gasteiger partial charge in [-0.05, 0) is 23.5 Å². The van der Waals surface area contributed by atoms with Gasteiger partial charge in [0.2, 0.25) is 0 Å². The molecule has 2 aliphatic rings. The molecule has 5 heteroatoms. The molecule has 0 bridgehead atoms. The topological polar surface area (TPSA) is 40.6 Å². The van der Waals surface area contributed by atoms with Crippen molar-refractivity contribution in [2.45, 2.75) is 32.7 Å². The van der Waals surface area contributed by atoms with Crippen LogP contribution in [0.4, 0.5) is 4.79 Å². The minimum atomic E-state index is -0.411. The van der Waals surface area contributed by atoms with Crippen LogP contribution in [0.2, 0.25) is 5.02 Å². The molecule has 0 aromatic heterocycles. The third-order valence-corrected chi connectivity index (χ3v) is 5.09. The van der Waals surface area contributed by atoms with Crippen molar-refractivity contribution >= 4 is 23.4 Å². The SMILES string of the molecule is CN1C(=O)N(C)[C@@H](c2ccccc2Cl)C2=C1CC(C)(C)CC2=O. The van der Waals surface area contributed by atoms with Crippen molar-refractivity contribution in [3.63, 3.8) is 0 Å². The van der Waals surface area contributed by atoms with Gasteiger partial charge < -0.3 is 9.80 Å². The van der Waals surface area contributed by atoms with Gasteiger partial charge in [0, 0.05) is 36.8 Å². The Morgan fingerprint density at radius 1 is 1.13 bits per heavy atom. The Morgan fingerprint density at radius 3 is 2.43 bits per heavy atom. The molecule has 1 heterocycles. The van der Waals surface area contributed by atoms with Gasteiger partial charge in [-0.2, -0.15) is 0 Å². The molecule has 4 nitrogen and oxygen atoms in total. The zero-order valence-electron chi connectivity index (χ0n) is 13.9. The Balaban J connectivity index is 2.22. The lowest BCUT2D eigenvalue weighted by Gasteiger charge is -2.45. The van der Waals surface area contributed by atoms with Gasteiger partial charge in [-0.15, -0.1) is 0 Å². The summed E-state index contributed by atoms with van der Waals surface area (Å²) in [6, 6.07) is 6.90. The number of amides is 2. The van der Waals surface area contributed by atoms with E-state index in [1.165, 1.54) is 0 Å². The van der Waals surface area contributed by atoms with E-state index in [2.05, 4.69) is 13.8 Å². The van der Waals surface area contributed by atoms with Gasteiger partial charge in [0.1, 0.15) is 0 Å². The van der Waals surface area contributed by atoms with Crippen molar-refractivity contribution in [2.24, 2.45) is 5.41 Å². The van der Waals surface area contributed by atoms with Crippen LogP contribution in [-0.4, -0.2) is 35.7 Å². The molecule has 0 saturated heterocycles. The number of hydrogen-bond acceptors (Lipinski definition) is 2. The number of halogens is 1. The highest BCUT2D eigenvalue weighted by molar-refractivity contribution is 6.31. The molecule has 0 N–H and O–H groups in total. The van der Waals surface area contributed by atoms with Crippen LogP contribution >= 0.6 is 11.6 Å². The van der Waals surface area contributed by atoms with Crippen molar-refractivity contribution in [1.82, 2.24) is 9.80 Å². The number of likely N-dealkylation sites (N-methyl/N-ethyl adjacent to an activating group) is 1. The molecule has 0 spiro atoms. The van der Waals surface area contributed by atoms with Crippen LogP contribution in [0.1, 0.15) is 38.3 Å². The summed E-state index contributed by atoms with van der Waals surface area (Å²) in [5.41, 5.74) is 2.21. The van der Waals surface area contributed by atoms with E-state index in [1.807, 2.05) is 18.2 Å². The normalized spacial score (nSPS) is 24.1. The highest BCUT2D eigenvalue weighted by Crippen LogP contribution is 2.47. The summed E-state index contributed by atoms with van der Waals surface area (Å²) in [6.45, 7) is 4.13. The maximum Gasteiger partial charge on any atom is 0.324 e. The van der Waals surface area contributed by atoms with Crippen LogP contribution in [0.25, 0.3) is 0 Å². The average molecular weight is 333 g/mol. The second kappa shape index (κ2) is 5.38. The van der Waals surface area contributed by atoms with Gasteiger partial charge in [-0.25, -0.2) is 4.79 Å². The molecule has 1 aliphatic carbocycles. The number of urea groups is 1. The lowest BCUT2D eigenvalue weighted by Crippen LogP contribution is -2.50. The summed E-state index contributed by atoms with van der Waals surface area (Å²) in [5.74, 6) is 0.104. The van der Waals surface area contributed by atoms with Crippen molar-refractivity contribution in [3.8, 4) is 0 Å². The average Bonchev–Trinajstić information content (AvgIpc) is 2.47. The summed E-state index contributed by atoms with van der Waals surface area (Å²) in [5, 5.41) is 0.575. The van der Waals surface area contributed by atoms with Crippen LogP contribution in [0.15, 0.2) is 35.5 Å². The summed E-state index contributed by atoms with van der Waals surface area (Å²) in [6.07, 6.45) is 1.20. The smallest absolute Gasteiger partial charge is 0.316 e. The number of rotatable bonds is 1. The molecule has 2 amide bonds. The standard InChI is InChI=1S/C18H21ClN2O2/c1-18(2)9-13-15(14(22)10-18)16(21(4)17(23)20(13)3)11-7-5-6-8-12(11)19/h5-8,16H,9-10H2,1-4H3/t16-/m0/s1. The molecule has 0 fully saturated rings. The van der Waals surface area contributed by atoms with Crippen molar-refractivity contribution < 1.29 is 9.59 Å². The van der Waals surface area contributed by atoms with Gasteiger partial charge in [0.05, 0.1) is 6.04 Å². The Hall–Kier alpha value is -1.81. The first kappa shape index (κ1) is 16.1. The second-order valence-corrected chi connectivity index (χ2v) is 7.59. The Bertz CT molecular complexity index is 723. The van der Waals surface area contributed by atoms with E-state index >= 15 is 0 Å². The van der Waals surface area contributed by atoms with Gasteiger partial charge >= 0.3 is 6.03 Å². The van der Waals surface area contributed by atoms with E-state index in [1.54, 1.807) is 30.0 Å². The van der Waals surface area contributed by atoms with Gasteiger partial charge in [0.15, 0.2) is 5.78 Å². The molecule has 1 aromatic rings. The number of carbonyl (C=O) groups excluding carboxylic acids is 2. The van der Waals surface area contributed by atoms with Crippen molar-refractivity contribution in [2.75, 3.05) is 14.1 Å². The highest BCUT2D eigenvalue weighted by Gasteiger charge is 2.45. The fraction of sp³-hybridized carbons (Fsp3) is 0.444. The quantitative estimate of drug-likeness (QED) is 0.779. The van der Waals surface area contributed by atoms with Crippen LogP contribution in [0.5, 0.6) is 0 Å². The molecule has 1 aliphatic heterocycles. The third kappa shape index (κ3) is 2.55. The fourth-order valence-corrected chi connectivity index (χ4v) is 3.87. The van der Waals surface area contributed by atoms with Crippen LogP contribution in [-0.2, 0) is 4.79 Å². The van der Waals surface area contributed by atoms with Crippen LogP contribution in [0, 0.1) is 5.41 Å². The summed E-state index contributed by atoms with van der Waals surface area (Å²) >= 11 is 6.36. The predicted octanol–water partition coefficient (Wildman–Crippen LogP) is 4.02. The third-order valence-electron chi connectivity index (χ3n) is 4.75. The summed E-state index contributed by atoms with van der Waals surface area (Å²) < 4.78 is 0. The van der Waals surface area contributed by atoms with Gasteiger partial charge in [-0.1, -0.05) is 43.6 Å². The number of Topliss-reactive ketones (excluding diaryl/α,β-unsaturated/α-hetero) is 1. The molecule has 0 unspecified atom stereocenters. The van der Waals surface area contributed by atoms with E-state index in [-0.39, 0.29) is 17.2 Å². The largest absolute Gasteiger partial charge is 0.324 e. The Kier molecular flexibility index (Phi) is 3.75. The zero-order chi connectivity index (χ0) is 16.9. The van der Waals surface area contributed by atoms with E-state index in [9.17, 15) is 9.59 Å². The van der Waals surface area contributed by atoms with E-state index in [4.69, 9.17) is 11.6 Å². The lowest BCUT2D eigenvalue weighted by molar-refractivity contribution is -0.119. The first-order chi connectivity index (χ1) is 10.7. The summed E-state index contributed by atoms with van der Waals surface area (Å²) in [4.78, 5) is 28.7. The molecule has 3 rings (SSSR count). The highest BCUT2D eigenvalue weighted by atomic mass is 35.5. The number of benzene rings is 1. The predicted molar refractivity (Wildman–Crippen MR) is 90.2 cm³/mol. The van der Waals surface area contributed by atoms with E-state index in [0.29, 0.717) is 23.4 Å². The van der Waals surface area contributed by atoms with E-state index in [0.717, 1.165) is 11.3 Å². The lowest BCUT2D eigenvalue weighted by atomic mass is 9.72. The monoisotopic (exact) mass is 332 g/mol. The Labute approximate surface area is 141 Å². The molecular weight excluding hydrogens is 312 g/mol. The number of allylic oxidation sites excluding steroid dienone is 1. The minimum absolute atomic E-state index is 0.104. The molecule has 1 aromatic carbocycles. The zero-order valence-corrected chi connectivity index (χ0v) is 14.6. The summed E-state index contributed by atoms with van der Waals surface area (Å²) in [7, 11) is 3.47. The number of ketones is 1. The Morgan fingerprint density at radius 2 is 1.78 bits per heavy atom. The van der Waals surface area contributed by atoms with Crippen molar-refractivity contribution in [3.05, 3.63) is 46.1 Å². The second-order valence-electron chi connectivity index (χ2n) is 7.18. The number of nitrogens with zero attached hydrogens (tertiary/aromatic N) is 2. The fourth-order valence-electron chi connectivity index (χ4n) is 3.63. The molecular formula is C18H21ClN2O2. The van der Waals surface area contributed by atoms with Crippen molar-refractivity contribution in [1.29, 1.82) is 0 Å². The first-order valence-corrected chi connectivity index (χ1v) is 8.12. The van der Waals surface area contributed by atoms with Gasteiger partial charge in [-0.3, -0.25) is 4.79 Å². The molecule has 0 radical (unpaired) electrons. The molecule has 0 saturated carbocycles. The van der Waals surface area contributed by atoms with Crippen LogP contribution in [0.3, 0.4) is 0 Å². The van der Waals surface area contributed by atoms with Gasteiger partial charge in [0.25, 0.3) is 0 Å².